The van der Waals surface area contributed by atoms with Crippen molar-refractivity contribution in [3.63, 3.8) is 0 Å². The summed E-state index contributed by atoms with van der Waals surface area (Å²) < 4.78 is 5.89. The van der Waals surface area contributed by atoms with Gasteiger partial charge in [0.05, 0.1) is 11.8 Å². The number of carbonyl (C=O) groups excluding carboxylic acids is 2. The topological polar surface area (TPSA) is 82.1 Å². The number of hydrogen-bond donors (Lipinski definition) is 2. The van der Waals surface area contributed by atoms with E-state index in [9.17, 15) is 14.7 Å². The molecule has 6 rings (SSSR count). The second kappa shape index (κ2) is 8.15. The molecule has 33 heavy (non-hydrogen) atoms. The van der Waals surface area contributed by atoms with Gasteiger partial charge in [0.25, 0.3) is 11.8 Å². The fraction of sp³-hybridized carbons (Fsp3) is 0.462. The third kappa shape index (κ3) is 3.89. The van der Waals surface area contributed by atoms with Gasteiger partial charge < -0.3 is 20.1 Å². The quantitative estimate of drug-likeness (QED) is 0.755. The van der Waals surface area contributed by atoms with Crippen LogP contribution in [0, 0.1) is 5.92 Å². The first-order chi connectivity index (χ1) is 16.1. The van der Waals surface area contributed by atoms with Crippen molar-refractivity contribution in [2.75, 3.05) is 25.0 Å². The van der Waals surface area contributed by atoms with Crippen LogP contribution in [0.5, 0.6) is 5.75 Å². The number of piperidine rings is 1. The van der Waals surface area contributed by atoms with Crippen LogP contribution in [0.2, 0.25) is 0 Å². The number of β-amino-alcohol motifs (C(OH)–C–C–N with tert-alkyl or cyclic N) is 1. The van der Waals surface area contributed by atoms with Crippen molar-refractivity contribution in [2.45, 2.75) is 50.5 Å². The van der Waals surface area contributed by atoms with Crippen molar-refractivity contribution in [3.8, 4) is 5.75 Å². The molecule has 7 nitrogen and oxygen atoms in total. The predicted molar refractivity (Wildman–Crippen MR) is 123 cm³/mol. The summed E-state index contributed by atoms with van der Waals surface area (Å²) in [6.07, 6.45) is 2.76. The highest BCUT2D eigenvalue weighted by molar-refractivity contribution is 6.01. The lowest BCUT2D eigenvalue weighted by Gasteiger charge is -2.43. The summed E-state index contributed by atoms with van der Waals surface area (Å²) in [7, 11) is 0. The Morgan fingerprint density at radius 2 is 1.88 bits per heavy atom. The van der Waals surface area contributed by atoms with Crippen molar-refractivity contribution in [1.29, 1.82) is 0 Å². The molecule has 2 fully saturated rings. The van der Waals surface area contributed by atoms with E-state index in [-0.39, 0.29) is 17.9 Å². The van der Waals surface area contributed by atoms with E-state index in [1.165, 1.54) is 11.1 Å². The van der Waals surface area contributed by atoms with Gasteiger partial charge in [0, 0.05) is 43.7 Å². The van der Waals surface area contributed by atoms with Gasteiger partial charge in [-0.1, -0.05) is 24.3 Å². The summed E-state index contributed by atoms with van der Waals surface area (Å²) in [6.45, 7) is 2.69. The number of amides is 2. The van der Waals surface area contributed by atoms with Crippen LogP contribution in [0.4, 0.5) is 5.69 Å². The Kier molecular flexibility index (Phi) is 5.11. The first-order valence-corrected chi connectivity index (χ1v) is 12.0. The van der Waals surface area contributed by atoms with Crippen molar-refractivity contribution in [2.24, 2.45) is 5.92 Å². The van der Waals surface area contributed by atoms with E-state index < -0.39 is 12.2 Å². The number of nitrogens with zero attached hydrogens (tertiary/aromatic N) is 2. The second-order valence-corrected chi connectivity index (χ2v) is 9.74. The zero-order chi connectivity index (χ0) is 22.5. The highest BCUT2D eigenvalue weighted by Crippen LogP contribution is 2.40. The van der Waals surface area contributed by atoms with Crippen LogP contribution in [-0.4, -0.2) is 64.6 Å². The van der Waals surface area contributed by atoms with Crippen molar-refractivity contribution in [1.82, 2.24) is 9.80 Å². The molecule has 7 heteroatoms. The van der Waals surface area contributed by atoms with Crippen molar-refractivity contribution >= 4 is 17.5 Å². The van der Waals surface area contributed by atoms with Gasteiger partial charge in [0.2, 0.25) is 0 Å². The Morgan fingerprint density at radius 3 is 2.67 bits per heavy atom. The number of aliphatic hydroxyl groups excluding tert-OH is 1. The largest absolute Gasteiger partial charge is 0.478 e. The van der Waals surface area contributed by atoms with Gasteiger partial charge in [-0.2, -0.15) is 0 Å². The number of nitrogens with one attached hydrogen (secondary N) is 1. The third-order valence-electron chi connectivity index (χ3n) is 7.51. The van der Waals surface area contributed by atoms with E-state index in [0.29, 0.717) is 36.0 Å². The lowest BCUT2D eigenvalue weighted by Crippen LogP contribution is -2.56. The molecule has 0 aromatic heterocycles. The molecule has 0 bridgehead atoms. The Bertz CT molecular complexity index is 1100. The number of rotatable bonds is 3. The predicted octanol–water partition coefficient (Wildman–Crippen LogP) is 2.43. The molecule has 0 radical (unpaired) electrons. The summed E-state index contributed by atoms with van der Waals surface area (Å²) in [6, 6.07) is 13.8. The van der Waals surface area contributed by atoms with Gasteiger partial charge >= 0.3 is 0 Å². The second-order valence-electron chi connectivity index (χ2n) is 9.74. The maximum Gasteiger partial charge on any atom is 0.265 e. The molecule has 1 unspecified atom stereocenters. The molecule has 1 saturated carbocycles. The van der Waals surface area contributed by atoms with Gasteiger partial charge in [0.1, 0.15) is 5.75 Å². The van der Waals surface area contributed by atoms with Gasteiger partial charge in [-0.25, -0.2) is 0 Å². The average molecular weight is 448 g/mol. The summed E-state index contributed by atoms with van der Waals surface area (Å²) >= 11 is 0. The molecule has 0 spiro atoms. The standard InChI is InChI=1S/C26H29N3O4/c30-22-15-29(12-10-21(22)28-11-9-16-3-1-2-4-19(16)14-28)26(32)18-7-8-23-20(13-18)27-25(31)24(33-23)17-5-6-17/h1-4,7-8,13,17,21-22,24,30H,5-6,9-12,14-15H2,(H,27,31)/t21-,22-,24?/m0/s1. The minimum atomic E-state index is -0.590. The Balaban J connectivity index is 1.12. The highest BCUT2D eigenvalue weighted by atomic mass is 16.5. The number of fused-ring (bicyclic) bond motifs is 2. The zero-order valence-electron chi connectivity index (χ0n) is 18.6. The Morgan fingerprint density at radius 1 is 1.06 bits per heavy atom. The SMILES string of the molecule is O=C1Nc2cc(C(=O)N3CC[C@H](N4CCc5ccccc5C4)[C@@H](O)C3)ccc2OC1C1CC1. The molecule has 172 valence electrons. The van der Waals surface area contributed by atoms with E-state index in [1.807, 2.05) is 0 Å². The molecule has 2 amide bonds. The molecule has 3 aliphatic heterocycles. The van der Waals surface area contributed by atoms with E-state index >= 15 is 0 Å². The monoisotopic (exact) mass is 447 g/mol. The van der Waals surface area contributed by atoms with Crippen LogP contribution < -0.4 is 10.1 Å². The third-order valence-corrected chi connectivity index (χ3v) is 7.51. The van der Waals surface area contributed by atoms with Crippen molar-refractivity contribution < 1.29 is 19.4 Å². The molecule has 1 aliphatic carbocycles. The lowest BCUT2D eigenvalue weighted by molar-refractivity contribution is -0.124. The zero-order valence-corrected chi connectivity index (χ0v) is 18.6. The Hall–Kier alpha value is -2.90. The summed E-state index contributed by atoms with van der Waals surface area (Å²) in [5.41, 5.74) is 3.77. The molecule has 1 saturated heterocycles. The Labute approximate surface area is 193 Å². The normalized spacial score (nSPS) is 27.2. The summed E-state index contributed by atoms with van der Waals surface area (Å²) in [4.78, 5) is 29.6. The fourth-order valence-electron chi connectivity index (χ4n) is 5.48. The number of hydrogen-bond acceptors (Lipinski definition) is 5. The smallest absolute Gasteiger partial charge is 0.265 e. The van der Waals surface area contributed by atoms with Crippen molar-refractivity contribution in [3.05, 3.63) is 59.2 Å². The first-order valence-electron chi connectivity index (χ1n) is 12.0. The minimum absolute atomic E-state index is 0.0537. The molecular weight excluding hydrogens is 418 g/mol. The van der Waals surface area contributed by atoms with Crippen LogP contribution in [0.1, 0.15) is 40.7 Å². The van der Waals surface area contributed by atoms with Gasteiger partial charge in [0.15, 0.2) is 6.10 Å². The maximum atomic E-state index is 13.2. The minimum Gasteiger partial charge on any atom is -0.478 e. The number of carbonyl (C=O) groups is 2. The van der Waals surface area contributed by atoms with Gasteiger partial charge in [-0.15, -0.1) is 0 Å². The molecule has 2 N–H and O–H groups in total. The number of anilines is 1. The summed E-state index contributed by atoms with van der Waals surface area (Å²) in [5, 5.41) is 13.8. The molecule has 2 aromatic rings. The van der Waals surface area contributed by atoms with E-state index in [4.69, 9.17) is 4.74 Å². The van der Waals surface area contributed by atoms with Crippen LogP contribution in [0.15, 0.2) is 42.5 Å². The van der Waals surface area contributed by atoms with Crippen LogP contribution in [0.3, 0.4) is 0 Å². The molecule has 3 atom stereocenters. The van der Waals surface area contributed by atoms with Crippen LogP contribution in [-0.2, 0) is 17.8 Å². The molecule has 2 aromatic carbocycles. The molecule has 4 aliphatic rings. The van der Waals surface area contributed by atoms with E-state index in [0.717, 1.165) is 38.8 Å². The summed E-state index contributed by atoms with van der Waals surface area (Å²) in [5.74, 6) is 0.662. The molecular formula is C26H29N3O4. The lowest BCUT2D eigenvalue weighted by atomic mass is 9.94. The number of ether oxygens (including phenoxy) is 1. The number of likely N-dealkylation sites (tertiary alicyclic amines) is 1. The average Bonchev–Trinajstić information content (AvgIpc) is 3.68. The fourth-order valence-corrected chi connectivity index (χ4v) is 5.48. The number of aliphatic hydroxyl groups is 1. The number of benzene rings is 2. The highest BCUT2D eigenvalue weighted by Gasteiger charge is 2.41. The van der Waals surface area contributed by atoms with Gasteiger partial charge in [-0.05, 0) is 55.0 Å². The van der Waals surface area contributed by atoms with Crippen LogP contribution >= 0.6 is 0 Å². The van der Waals surface area contributed by atoms with E-state index in [2.05, 4.69) is 34.5 Å². The van der Waals surface area contributed by atoms with Gasteiger partial charge in [-0.3, -0.25) is 14.5 Å². The maximum absolute atomic E-state index is 13.2. The van der Waals surface area contributed by atoms with Crippen LogP contribution in [0.25, 0.3) is 0 Å². The molecule has 3 heterocycles. The van der Waals surface area contributed by atoms with E-state index in [1.54, 1.807) is 23.1 Å². The first kappa shape index (κ1) is 20.7.